The van der Waals surface area contributed by atoms with Crippen LogP contribution in [0.15, 0.2) is 47.1 Å². The van der Waals surface area contributed by atoms with Crippen molar-refractivity contribution >= 4 is 17.0 Å². The summed E-state index contributed by atoms with van der Waals surface area (Å²) in [7, 11) is 1.80. The van der Waals surface area contributed by atoms with Crippen molar-refractivity contribution < 1.29 is 9.32 Å². The van der Waals surface area contributed by atoms with Gasteiger partial charge in [0.05, 0.1) is 22.7 Å². The van der Waals surface area contributed by atoms with Crippen LogP contribution < -0.4 is 0 Å². The summed E-state index contributed by atoms with van der Waals surface area (Å²) in [6.07, 6.45) is 1.53. The number of carbonyl (C=O) groups is 1. The van der Waals surface area contributed by atoms with Gasteiger partial charge in [-0.1, -0.05) is 35.5 Å². The first-order valence-corrected chi connectivity index (χ1v) is 7.12. The highest BCUT2D eigenvalue weighted by atomic mass is 16.5. The zero-order valence-corrected chi connectivity index (χ0v) is 12.8. The van der Waals surface area contributed by atoms with E-state index in [9.17, 15) is 4.79 Å². The third-order valence-electron chi connectivity index (χ3n) is 3.94. The van der Waals surface area contributed by atoms with Gasteiger partial charge in [0.25, 0.3) is 11.6 Å². The summed E-state index contributed by atoms with van der Waals surface area (Å²) in [5.74, 6) is -0.0775. The van der Waals surface area contributed by atoms with Crippen molar-refractivity contribution in [2.24, 2.45) is 0 Å². The van der Waals surface area contributed by atoms with E-state index in [1.807, 2.05) is 44.2 Å². The van der Waals surface area contributed by atoms with Gasteiger partial charge in [0.15, 0.2) is 0 Å². The van der Waals surface area contributed by atoms with Crippen LogP contribution in [0.3, 0.4) is 0 Å². The van der Waals surface area contributed by atoms with E-state index in [0.29, 0.717) is 11.3 Å². The van der Waals surface area contributed by atoms with E-state index in [0.717, 1.165) is 16.6 Å². The minimum Gasteiger partial charge on any atom is -0.336 e. The average Bonchev–Trinajstić information content (AvgIpc) is 2.94. The second-order valence-corrected chi connectivity index (χ2v) is 5.35. The largest absolute Gasteiger partial charge is 0.336 e. The summed E-state index contributed by atoms with van der Waals surface area (Å²) >= 11 is 0. The Bertz CT molecular complexity index is 811. The number of fused-ring (bicyclic) bond motifs is 1. The molecule has 2 heterocycles. The molecular weight excluding hydrogens is 278 g/mol. The van der Waals surface area contributed by atoms with Gasteiger partial charge in [0.2, 0.25) is 0 Å². The summed E-state index contributed by atoms with van der Waals surface area (Å²) in [6, 6.07) is 11.7. The lowest BCUT2D eigenvalue weighted by molar-refractivity contribution is 0.0742. The monoisotopic (exact) mass is 295 g/mol. The van der Waals surface area contributed by atoms with Gasteiger partial charge < -0.3 is 9.42 Å². The molecule has 5 heteroatoms. The molecule has 0 spiro atoms. The number of benzene rings is 1. The molecule has 3 rings (SSSR count). The Morgan fingerprint density at radius 3 is 2.73 bits per heavy atom. The van der Waals surface area contributed by atoms with E-state index >= 15 is 0 Å². The van der Waals surface area contributed by atoms with Crippen molar-refractivity contribution in [1.82, 2.24) is 15.0 Å². The smallest absolute Gasteiger partial charge is 0.257 e. The second-order valence-electron chi connectivity index (χ2n) is 5.35. The van der Waals surface area contributed by atoms with E-state index in [1.54, 1.807) is 18.0 Å². The molecule has 1 atom stereocenters. The summed E-state index contributed by atoms with van der Waals surface area (Å²) < 4.78 is 5.07. The standard InChI is InChI=1S/C17H17N3O2/c1-11-15-9-14(10-18-16(15)22-19-11)17(21)20(3)12(2)13-7-5-4-6-8-13/h4-10,12H,1-3H3/t12-/m1/s1. The molecule has 0 saturated carbocycles. The number of hydrogen-bond donors (Lipinski definition) is 0. The molecule has 22 heavy (non-hydrogen) atoms. The predicted octanol–water partition coefficient (Wildman–Crippen LogP) is 3.36. The van der Waals surface area contributed by atoms with Crippen LogP contribution in [-0.2, 0) is 0 Å². The molecule has 0 bridgehead atoms. The van der Waals surface area contributed by atoms with Crippen LogP contribution in [0.25, 0.3) is 11.1 Å². The quantitative estimate of drug-likeness (QED) is 0.743. The van der Waals surface area contributed by atoms with Crippen LogP contribution in [0, 0.1) is 6.92 Å². The molecule has 0 aliphatic carbocycles. The Morgan fingerprint density at radius 1 is 1.27 bits per heavy atom. The molecule has 0 aliphatic heterocycles. The maximum Gasteiger partial charge on any atom is 0.257 e. The third kappa shape index (κ3) is 2.45. The summed E-state index contributed by atoms with van der Waals surface area (Å²) in [6.45, 7) is 3.84. The van der Waals surface area contributed by atoms with Crippen molar-refractivity contribution in [2.45, 2.75) is 19.9 Å². The molecule has 0 aliphatic rings. The first kappa shape index (κ1) is 14.3. The van der Waals surface area contributed by atoms with Gasteiger partial charge in [-0.15, -0.1) is 0 Å². The molecule has 5 nitrogen and oxygen atoms in total. The van der Waals surface area contributed by atoms with E-state index in [1.165, 1.54) is 6.20 Å². The first-order chi connectivity index (χ1) is 10.6. The summed E-state index contributed by atoms with van der Waals surface area (Å²) in [5.41, 5.74) is 2.81. The van der Waals surface area contributed by atoms with Gasteiger partial charge in [-0.2, -0.15) is 0 Å². The van der Waals surface area contributed by atoms with Crippen molar-refractivity contribution in [1.29, 1.82) is 0 Å². The summed E-state index contributed by atoms with van der Waals surface area (Å²) in [5, 5.41) is 4.63. The van der Waals surface area contributed by atoms with Crippen LogP contribution in [-0.4, -0.2) is 28.0 Å². The van der Waals surface area contributed by atoms with Gasteiger partial charge in [0.1, 0.15) is 0 Å². The topological polar surface area (TPSA) is 59.2 Å². The van der Waals surface area contributed by atoms with Crippen molar-refractivity contribution in [3.8, 4) is 0 Å². The Balaban J connectivity index is 1.89. The normalized spacial score (nSPS) is 12.3. The maximum absolute atomic E-state index is 12.7. The van der Waals surface area contributed by atoms with Crippen LogP contribution in [0.1, 0.15) is 34.6 Å². The van der Waals surface area contributed by atoms with Gasteiger partial charge in [0, 0.05) is 13.2 Å². The fourth-order valence-corrected chi connectivity index (χ4v) is 2.40. The number of aromatic nitrogens is 2. The minimum atomic E-state index is -0.0775. The lowest BCUT2D eigenvalue weighted by Crippen LogP contribution is -2.29. The zero-order chi connectivity index (χ0) is 15.7. The molecule has 0 N–H and O–H groups in total. The highest BCUT2D eigenvalue weighted by molar-refractivity contribution is 5.97. The Morgan fingerprint density at radius 2 is 2.00 bits per heavy atom. The van der Waals surface area contributed by atoms with Gasteiger partial charge in [-0.3, -0.25) is 4.79 Å². The van der Waals surface area contributed by atoms with Crippen molar-refractivity contribution in [2.75, 3.05) is 7.05 Å². The molecule has 1 aromatic carbocycles. The Hall–Kier alpha value is -2.69. The van der Waals surface area contributed by atoms with Crippen molar-refractivity contribution in [3.05, 3.63) is 59.4 Å². The number of rotatable bonds is 3. The van der Waals surface area contributed by atoms with Crippen LogP contribution in [0.4, 0.5) is 0 Å². The maximum atomic E-state index is 12.7. The highest BCUT2D eigenvalue weighted by Gasteiger charge is 2.20. The van der Waals surface area contributed by atoms with Gasteiger partial charge in [-0.05, 0) is 25.5 Å². The average molecular weight is 295 g/mol. The fourth-order valence-electron chi connectivity index (χ4n) is 2.40. The number of pyridine rings is 1. The second kappa shape index (κ2) is 5.60. The number of aryl methyl sites for hydroxylation is 1. The Kier molecular flexibility index (Phi) is 3.63. The van der Waals surface area contributed by atoms with Gasteiger partial charge >= 0.3 is 0 Å². The van der Waals surface area contributed by atoms with E-state index in [2.05, 4.69) is 10.1 Å². The van der Waals surface area contributed by atoms with E-state index in [-0.39, 0.29) is 11.9 Å². The molecule has 0 radical (unpaired) electrons. The minimum absolute atomic E-state index is 0.0204. The molecular formula is C17H17N3O2. The SMILES string of the molecule is Cc1noc2ncc(C(=O)N(C)[C@H](C)c3ccccc3)cc12. The van der Waals surface area contributed by atoms with Gasteiger partial charge in [-0.25, -0.2) is 4.98 Å². The lowest BCUT2D eigenvalue weighted by Gasteiger charge is -2.25. The molecule has 2 aromatic heterocycles. The third-order valence-corrected chi connectivity index (χ3v) is 3.94. The lowest BCUT2D eigenvalue weighted by atomic mass is 10.1. The predicted molar refractivity (Wildman–Crippen MR) is 83.5 cm³/mol. The molecule has 0 unspecified atom stereocenters. The van der Waals surface area contributed by atoms with E-state index in [4.69, 9.17) is 4.52 Å². The molecule has 0 saturated heterocycles. The zero-order valence-electron chi connectivity index (χ0n) is 12.8. The molecule has 112 valence electrons. The van der Waals surface area contributed by atoms with Crippen LogP contribution in [0.5, 0.6) is 0 Å². The number of carbonyl (C=O) groups excluding carboxylic acids is 1. The van der Waals surface area contributed by atoms with Crippen LogP contribution >= 0.6 is 0 Å². The highest BCUT2D eigenvalue weighted by Crippen LogP contribution is 2.22. The van der Waals surface area contributed by atoms with Crippen molar-refractivity contribution in [3.63, 3.8) is 0 Å². The molecule has 0 fully saturated rings. The summed E-state index contributed by atoms with van der Waals surface area (Å²) in [4.78, 5) is 18.5. The van der Waals surface area contributed by atoms with E-state index < -0.39 is 0 Å². The number of nitrogens with zero attached hydrogens (tertiary/aromatic N) is 3. The Labute approximate surface area is 128 Å². The number of hydrogen-bond acceptors (Lipinski definition) is 4. The van der Waals surface area contributed by atoms with Crippen LogP contribution in [0.2, 0.25) is 0 Å². The first-order valence-electron chi connectivity index (χ1n) is 7.12. The molecule has 1 amide bonds. The fraction of sp³-hybridized carbons (Fsp3) is 0.235. The number of amides is 1. The molecule has 3 aromatic rings.